The normalized spacial score (nSPS) is 11.1. The van der Waals surface area contributed by atoms with Crippen molar-refractivity contribution in [3.63, 3.8) is 0 Å². The number of nitrogen functional groups attached to an aromatic ring is 1. The summed E-state index contributed by atoms with van der Waals surface area (Å²) in [5.41, 5.74) is 7.29. The Morgan fingerprint density at radius 2 is 2.12 bits per heavy atom. The van der Waals surface area contributed by atoms with E-state index in [9.17, 15) is 13.2 Å². The quantitative estimate of drug-likeness (QED) is 0.676. The number of sulfonamides is 1. The average molecular weight is 258 g/mol. The molecule has 0 fully saturated rings. The van der Waals surface area contributed by atoms with Gasteiger partial charge in [-0.2, -0.15) is 0 Å². The Morgan fingerprint density at radius 1 is 1.47 bits per heavy atom. The highest BCUT2D eigenvalue weighted by Gasteiger charge is 2.13. The number of nitrogens with one attached hydrogen (secondary N) is 1. The van der Waals surface area contributed by atoms with Gasteiger partial charge in [0.25, 0.3) is 0 Å². The first kappa shape index (κ1) is 13.3. The number of nitrogens with two attached hydrogens (primary N) is 1. The second kappa shape index (κ2) is 5.05. The smallest absolute Gasteiger partial charge is 0.304 e. The zero-order chi connectivity index (χ0) is 13.1. The number of aliphatic carboxylic acids is 1. The molecule has 94 valence electrons. The first-order valence-corrected chi connectivity index (χ1v) is 6.54. The fraction of sp³-hybridized carbons (Fsp3) is 0.300. The number of hydrogen-bond acceptors (Lipinski definition) is 4. The molecule has 0 aliphatic rings. The highest BCUT2D eigenvalue weighted by molar-refractivity contribution is 7.92. The molecule has 0 radical (unpaired) electrons. The van der Waals surface area contributed by atoms with Crippen LogP contribution in [0.25, 0.3) is 0 Å². The van der Waals surface area contributed by atoms with Crippen molar-refractivity contribution in [3.05, 3.63) is 23.8 Å². The Morgan fingerprint density at radius 3 is 2.65 bits per heavy atom. The van der Waals surface area contributed by atoms with Gasteiger partial charge in [0.15, 0.2) is 0 Å². The summed E-state index contributed by atoms with van der Waals surface area (Å²) < 4.78 is 25.3. The maximum absolute atomic E-state index is 11.5. The van der Waals surface area contributed by atoms with E-state index in [0.717, 1.165) is 5.56 Å². The number of carbonyl (C=O) groups is 1. The van der Waals surface area contributed by atoms with Crippen LogP contribution in [-0.4, -0.2) is 25.2 Å². The molecule has 1 aromatic rings. The molecule has 0 atom stereocenters. The molecular formula is C10H14N2O4S. The van der Waals surface area contributed by atoms with E-state index in [1.165, 1.54) is 6.07 Å². The molecule has 0 aliphatic heterocycles. The number of carboxylic acid groups (broad SMARTS) is 1. The van der Waals surface area contributed by atoms with Crippen LogP contribution in [0.4, 0.5) is 11.4 Å². The Labute approximate surface area is 99.5 Å². The van der Waals surface area contributed by atoms with Crippen molar-refractivity contribution in [3.8, 4) is 0 Å². The molecule has 6 nitrogen and oxygen atoms in total. The number of rotatable bonds is 5. The third-order valence-corrected chi connectivity index (χ3v) is 3.42. The molecule has 4 N–H and O–H groups in total. The van der Waals surface area contributed by atoms with Gasteiger partial charge in [0.1, 0.15) is 0 Å². The average Bonchev–Trinajstić information content (AvgIpc) is 2.21. The lowest BCUT2D eigenvalue weighted by Gasteiger charge is -2.08. The molecule has 1 aromatic carbocycles. The minimum absolute atomic E-state index is 0.377. The van der Waals surface area contributed by atoms with Crippen molar-refractivity contribution < 1.29 is 18.3 Å². The molecule has 17 heavy (non-hydrogen) atoms. The van der Waals surface area contributed by atoms with Crippen LogP contribution >= 0.6 is 0 Å². The van der Waals surface area contributed by atoms with Gasteiger partial charge in [-0.25, -0.2) is 8.42 Å². The van der Waals surface area contributed by atoms with Crippen molar-refractivity contribution >= 4 is 27.4 Å². The van der Waals surface area contributed by atoms with Gasteiger partial charge in [-0.05, 0) is 30.7 Å². The Bertz CT molecular complexity index is 525. The predicted octanol–water partition coefficient (Wildman–Crippen LogP) is 0.794. The fourth-order valence-corrected chi connectivity index (χ4v) is 2.22. The Hall–Kier alpha value is -1.76. The molecular weight excluding hydrogens is 244 g/mol. The molecule has 0 spiro atoms. The zero-order valence-electron chi connectivity index (χ0n) is 9.30. The van der Waals surface area contributed by atoms with E-state index in [4.69, 9.17) is 10.8 Å². The van der Waals surface area contributed by atoms with Crippen LogP contribution in [0.1, 0.15) is 12.0 Å². The summed E-state index contributed by atoms with van der Waals surface area (Å²) >= 11 is 0. The molecule has 0 unspecified atom stereocenters. The summed E-state index contributed by atoms with van der Waals surface area (Å²) in [5, 5.41) is 8.41. The maximum atomic E-state index is 11.5. The van der Waals surface area contributed by atoms with Crippen molar-refractivity contribution in [1.29, 1.82) is 0 Å². The Balaban J connectivity index is 2.76. The van der Waals surface area contributed by atoms with Gasteiger partial charge < -0.3 is 10.8 Å². The topological polar surface area (TPSA) is 109 Å². The summed E-state index contributed by atoms with van der Waals surface area (Å²) in [6, 6.07) is 4.71. The second-order valence-corrected chi connectivity index (χ2v) is 5.48. The van der Waals surface area contributed by atoms with Crippen LogP contribution in [0.2, 0.25) is 0 Å². The van der Waals surface area contributed by atoms with Crippen LogP contribution < -0.4 is 10.5 Å². The van der Waals surface area contributed by atoms with E-state index in [2.05, 4.69) is 4.72 Å². The number of aryl methyl sites for hydroxylation is 1. The summed E-state index contributed by atoms with van der Waals surface area (Å²) in [7, 11) is -3.63. The summed E-state index contributed by atoms with van der Waals surface area (Å²) in [6.07, 6.45) is -0.427. The minimum atomic E-state index is -3.63. The van der Waals surface area contributed by atoms with Gasteiger partial charge >= 0.3 is 5.97 Å². The van der Waals surface area contributed by atoms with E-state index in [0.29, 0.717) is 11.4 Å². The zero-order valence-corrected chi connectivity index (χ0v) is 10.1. The summed E-state index contributed by atoms with van der Waals surface area (Å²) in [6.45, 7) is 1.75. The second-order valence-electron chi connectivity index (χ2n) is 3.64. The number of carboxylic acids is 1. The van der Waals surface area contributed by atoms with Crippen LogP contribution in [0.3, 0.4) is 0 Å². The van der Waals surface area contributed by atoms with E-state index in [-0.39, 0.29) is 0 Å². The Kier molecular flexibility index (Phi) is 3.95. The van der Waals surface area contributed by atoms with Gasteiger partial charge in [0, 0.05) is 11.4 Å². The number of hydrogen-bond donors (Lipinski definition) is 3. The van der Waals surface area contributed by atoms with E-state index in [1.54, 1.807) is 19.1 Å². The molecule has 7 heteroatoms. The van der Waals surface area contributed by atoms with Crippen molar-refractivity contribution in [1.82, 2.24) is 0 Å². The third kappa shape index (κ3) is 4.31. The highest BCUT2D eigenvalue weighted by Crippen LogP contribution is 2.17. The van der Waals surface area contributed by atoms with Crippen LogP contribution in [-0.2, 0) is 14.8 Å². The molecule has 0 heterocycles. The fourth-order valence-electron chi connectivity index (χ4n) is 1.19. The van der Waals surface area contributed by atoms with Gasteiger partial charge in [-0.15, -0.1) is 0 Å². The van der Waals surface area contributed by atoms with E-state index >= 15 is 0 Å². The summed E-state index contributed by atoms with van der Waals surface area (Å²) in [5.74, 6) is -1.60. The van der Waals surface area contributed by atoms with Gasteiger partial charge in [0.2, 0.25) is 10.0 Å². The standard InChI is InChI=1S/C10H14N2O4S/c1-7-6-8(2-3-9(7)11)12-17(15,16)5-4-10(13)14/h2-3,6,12H,4-5,11H2,1H3,(H,13,14). The van der Waals surface area contributed by atoms with Crippen LogP contribution in [0, 0.1) is 6.92 Å². The highest BCUT2D eigenvalue weighted by atomic mass is 32.2. The first-order chi connectivity index (χ1) is 7.80. The monoisotopic (exact) mass is 258 g/mol. The molecule has 0 amide bonds. The molecule has 0 saturated carbocycles. The summed E-state index contributed by atoms with van der Waals surface area (Å²) in [4.78, 5) is 10.3. The number of anilines is 2. The van der Waals surface area contributed by atoms with E-state index < -0.39 is 28.2 Å². The van der Waals surface area contributed by atoms with Crippen molar-refractivity contribution in [2.24, 2.45) is 0 Å². The molecule has 1 rings (SSSR count). The maximum Gasteiger partial charge on any atom is 0.304 e. The van der Waals surface area contributed by atoms with Crippen LogP contribution in [0.15, 0.2) is 18.2 Å². The van der Waals surface area contributed by atoms with Gasteiger partial charge in [-0.3, -0.25) is 9.52 Å². The van der Waals surface area contributed by atoms with E-state index in [1.807, 2.05) is 0 Å². The SMILES string of the molecule is Cc1cc(NS(=O)(=O)CCC(=O)O)ccc1N. The third-order valence-electron chi connectivity index (χ3n) is 2.13. The molecule has 0 aromatic heterocycles. The molecule has 0 saturated heterocycles. The lowest BCUT2D eigenvalue weighted by atomic mass is 10.2. The molecule has 0 aliphatic carbocycles. The largest absolute Gasteiger partial charge is 0.481 e. The minimum Gasteiger partial charge on any atom is -0.481 e. The predicted molar refractivity (Wildman–Crippen MR) is 65.3 cm³/mol. The van der Waals surface area contributed by atoms with Crippen LogP contribution in [0.5, 0.6) is 0 Å². The molecule has 0 bridgehead atoms. The van der Waals surface area contributed by atoms with Gasteiger partial charge in [-0.1, -0.05) is 0 Å². The van der Waals surface area contributed by atoms with Gasteiger partial charge in [0.05, 0.1) is 12.2 Å². The number of benzene rings is 1. The van der Waals surface area contributed by atoms with Crippen molar-refractivity contribution in [2.75, 3.05) is 16.2 Å². The lowest BCUT2D eigenvalue weighted by molar-refractivity contribution is -0.136. The first-order valence-electron chi connectivity index (χ1n) is 4.88. The van der Waals surface area contributed by atoms with Crippen molar-refractivity contribution in [2.45, 2.75) is 13.3 Å². The lowest BCUT2D eigenvalue weighted by Crippen LogP contribution is -2.19.